The van der Waals surface area contributed by atoms with Crippen LogP contribution in [-0.2, 0) is 0 Å². The maximum Gasteiger partial charge on any atom is 0.224 e. The predicted molar refractivity (Wildman–Crippen MR) is 74.9 cm³/mol. The van der Waals surface area contributed by atoms with E-state index in [2.05, 4.69) is 15.3 Å². The Labute approximate surface area is 115 Å². The Morgan fingerprint density at radius 3 is 2.56 bits per heavy atom. The van der Waals surface area contributed by atoms with E-state index in [1.807, 2.05) is 31.2 Å². The normalized spacial score (nSPS) is 12.2. The number of halogens is 2. The van der Waals surface area contributed by atoms with Crippen LogP contribution >= 0.6 is 23.2 Å². The van der Waals surface area contributed by atoms with Gasteiger partial charge in [0.25, 0.3) is 0 Å². The zero-order chi connectivity index (χ0) is 13.1. The van der Waals surface area contributed by atoms with Crippen molar-refractivity contribution in [3.05, 3.63) is 46.3 Å². The number of hydrogen-bond donors (Lipinski definition) is 2. The number of aromatic nitrogens is 2. The molecule has 0 saturated carbocycles. The molecule has 0 fully saturated rings. The van der Waals surface area contributed by atoms with E-state index in [1.165, 1.54) is 6.20 Å². The lowest BCUT2D eigenvalue weighted by Crippen LogP contribution is -2.08. The molecule has 0 amide bonds. The van der Waals surface area contributed by atoms with Crippen LogP contribution in [0.1, 0.15) is 18.5 Å². The first-order chi connectivity index (χ1) is 8.56. The molecule has 18 heavy (non-hydrogen) atoms. The number of anilines is 2. The predicted octanol–water partition coefficient (Wildman–Crippen LogP) is 3.54. The first-order valence-corrected chi connectivity index (χ1v) is 6.12. The molecule has 1 aromatic heterocycles. The Hall–Kier alpha value is -1.52. The van der Waals surface area contributed by atoms with E-state index in [-0.39, 0.29) is 11.3 Å². The minimum absolute atomic E-state index is 0.0362. The zero-order valence-electron chi connectivity index (χ0n) is 9.69. The van der Waals surface area contributed by atoms with E-state index < -0.39 is 0 Å². The van der Waals surface area contributed by atoms with Crippen LogP contribution in [0, 0.1) is 0 Å². The summed E-state index contributed by atoms with van der Waals surface area (Å²) in [4.78, 5) is 7.84. The topological polar surface area (TPSA) is 63.8 Å². The monoisotopic (exact) mass is 282 g/mol. The standard InChI is InChI=1S/C12H12Cl2N4/c1-7(8-2-4-9(15)5-3-8)17-11-10(13)6-16-12(14)18-11/h2-7H,15H2,1H3,(H,16,17,18). The second-order valence-corrected chi connectivity index (χ2v) is 4.61. The average Bonchev–Trinajstić information content (AvgIpc) is 2.34. The smallest absolute Gasteiger partial charge is 0.224 e. The van der Waals surface area contributed by atoms with Crippen LogP contribution in [0.2, 0.25) is 10.3 Å². The van der Waals surface area contributed by atoms with Crippen LogP contribution in [-0.4, -0.2) is 9.97 Å². The Balaban J connectivity index is 2.18. The van der Waals surface area contributed by atoms with Gasteiger partial charge >= 0.3 is 0 Å². The summed E-state index contributed by atoms with van der Waals surface area (Å²) in [7, 11) is 0. The molecule has 1 unspecified atom stereocenters. The van der Waals surface area contributed by atoms with Gasteiger partial charge in [-0.1, -0.05) is 23.7 Å². The molecule has 0 spiro atoms. The Morgan fingerprint density at radius 2 is 1.89 bits per heavy atom. The molecule has 0 radical (unpaired) electrons. The van der Waals surface area contributed by atoms with Crippen molar-refractivity contribution >= 4 is 34.7 Å². The van der Waals surface area contributed by atoms with Crippen molar-refractivity contribution in [1.82, 2.24) is 9.97 Å². The first-order valence-electron chi connectivity index (χ1n) is 5.36. The highest BCUT2D eigenvalue weighted by Crippen LogP contribution is 2.24. The summed E-state index contributed by atoms with van der Waals surface area (Å²) >= 11 is 11.7. The fourth-order valence-corrected chi connectivity index (χ4v) is 1.80. The number of hydrogen-bond acceptors (Lipinski definition) is 4. The summed E-state index contributed by atoms with van der Waals surface area (Å²) in [6.45, 7) is 2.00. The number of rotatable bonds is 3. The number of nitrogens with zero attached hydrogens (tertiary/aromatic N) is 2. The fraction of sp³-hybridized carbons (Fsp3) is 0.167. The van der Waals surface area contributed by atoms with E-state index in [1.54, 1.807) is 0 Å². The quantitative estimate of drug-likeness (QED) is 0.668. The van der Waals surface area contributed by atoms with Gasteiger partial charge in [-0.3, -0.25) is 0 Å². The number of nitrogens with two attached hydrogens (primary N) is 1. The highest BCUT2D eigenvalue weighted by molar-refractivity contribution is 6.33. The van der Waals surface area contributed by atoms with Crippen molar-refractivity contribution in [3.8, 4) is 0 Å². The van der Waals surface area contributed by atoms with E-state index in [0.717, 1.165) is 11.3 Å². The van der Waals surface area contributed by atoms with E-state index >= 15 is 0 Å². The minimum atomic E-state index is 0.0362. The van der Waals surface area contributed by atoms with Gasteiger partial charge in [0.2, 0.25) is 5.28 Å². The SMILES string of the molecule is CC(Nc1nc(Cl)ncc1Cl)c1ccc(N)cc1. The first kappa shape index (κ1) is 12.9. The lowest BCUT2D eigenvalue weighted by molar-refractivity contribution is 0.872. The van der Waals surface area contributed by atoms with Gasteiger partial charge in [-0.15, -0.1) is 0 Å². The lowest BCUT2D eigenvalue weighted by atomic mass is 10.1. The molecule has 0 aliphatic heterocycles. The molecular weight excluding hydrogens is 271 g/mol. The van der Waals surface area contributed by atoms with Crippen molar-refractivity contribution in [3.63, 3.8) is 0 Å². The van der Waals surface area contributed by atoms with Gasteiger partial charge in [-0.05, 0) is 36.2 Å². The average molecular weight is 283 g/mol. The van der Waals surface area contributed by atoms with Crippen LogP contribution in [0.15, 0.2) is 30.5 Å². The van der Waals surface area contributed by atoms with Crippen molar-refractivity contribution in [2.75, 3.05) is 11.1 Å². The molecule has 1 aromatic carbocycles. The second kappa shape index (κ2) is 5.42. The molecule has 0 aliphatic rings. The Morgan fingerprint density at radius 1 is 1.22 bits per heavy atom. The summed E-state index contributed by atoms with van der Waals surface area (Å²) in [5, 5.41) is 3.77. The van der Waals surface area contributed by atoms with Crippen LogP contribution < -0.4 is 11.1 Å². The van der Waals surface area contributed by atoms with Gasteiger partial charge in [0, 0.05) is 11.7 Å². The molecule has 1 heterocycles. The number of benzene rings is 1. The molecule has 1 atom stereocenters. The summed E-state index contributed by atoms with van der Waals surface area (Å²) in [5.41, 5.74) is 7.45. The number of nitrogen functional groups attached to an aromatic ring is 1. The maximum atomic E-state index is 5.99. The third kappa shape index (κ3) is 3.03. The third-order valence-electron chi connectivity index (χ3n) is 2.50. The molecule has 94 valence electrons. The van der Waals surface area contributed by atoms with Gasteiger partial charge in [0.15, 0.2) is 0 Å². The largest absolute Gasteiger partial charge is 0.399 e. The van der Waals surface area contributed by atoms with E-state index in [9.17, 15) is 0 Å². The van der Waals surface area contributed by atoms with Gasteiger partial charge in [0.05, 0.1) is 6.20 Å². The van der Waals surface area contributed by atoms with Gasteiger partial charge in [0.1, 0.15) is 10.8 Å². The Kier molecular flexibility index (Phi) is 3.89. The fourth-order valence-electron chi connectivity index (χ4n) is 1.52. The molecule has 6 heteroatoms. The summed E-state index contributed by atoms with van der Waals surface area (Å²) in [6, 6.07) is 7.63. The molecule has 2 rings (SSSR count). The van der Waals surface area contributed by atoms with Crippen molar-refractivity contribution in [2.24, 2.45) is 0 Å². The highest BCUT2D eigenvalue weighted by atomic mass is 35.5. The van der Waals surface area contributed by atoms with E-state index in [0.29, 0.717) is 10.8 Å². The van der Waals surface area contributed by atoms with Crippen LogP contribution in [0.5, 0.6) is 0 Å². The molecule has 0 saturated heterocycles. The van der Waals surface area contributed by atoms with Gasteiger partial charge < -0.3 is 11.1 Å². The summed E-state index contributed by atoms with van der Waals surface area (Å²) in [5.74, 6) is 0.515. The van der Waals surface area contributed by atoms with Crippen LogP contribution in [0.25, 0.3) is 0 Å². The maximum absolute atomic E-state index is 5.99. The zero-order valence-corrected chi connectivity index (χ0v) is 11.2. The highest BCUT2D eigenvalue weighted by Gasteiger charge is 2.09. The molecule has 2 aromatic rings. The molecule has 0 bridgehead atoms. The van der Waals surface area contributed by atoms with Crippen molar-refractivity contribution in [2.45, 2.75) is 13.0 Å². The second-order valence-electron chi connectivity index (χ2n) is 3.87. The van der Waals surface area contributed by atoms with Crippen LogP contribution in [0.3, 0.4) is 0 Å². The van der Waals surface area contributed by atoms with Crippen molar-refractivity contribution < 1.29 is 0 Å². The molecule has 3 N–H and O–H groups in total. The summed E-state index contributed by atoms with van der Waals surface area (Å²) in [6.07, 6.45) is 1.47. The van der Waals surface area contributed by atoms with E-state index in [4.69, 9.17) is 28.9 Å². The molecule has 0 aliphatic carbocycles. The molecular formula is C12H12Cl2N4. The molecule has 4 nitrogen and oxygen atoms in total. The van der Waals surface area contributed by atoms with Gasteiger partial charge in [-0.25, -0.2) is 4.98 Å². The van der Waals surface area contributed by atoms with Gasteiger partial charge in [-0.2, -0.15) is 4.98 Å². The third-order valence-corrected chi connectivity index (χ3v) is 2.96. The Bertz CT molecular complexity index is 542. The summed E-state index contributed by atoms with van der Waals surface area (Å²) < 4.78 is 0. The number of nitrogens with one attached hydrogen (secondary N) is 1. The van der Waals surface area contributed by atoms with Crippen LogP contribution in [0.4, 0.5) is 11.5 Å². The van der Waals surface area contributed by atoms with Crippen molar-refractivity contribution in [1.29, 1.82) is 0 Å². The minimum Gasteiger partial charge on any atom is -0.399 e. The lowest BCUT2D eigenvalue weighted by Gasteiger charge is -2.15.